The highest BCUT2D eigenvalue weighted by Gasteiger charge is 2.47. The Morgan fingerprint density at radius 3 is 2.47 bits per heavy atom. The predicted octanol–water partition coefficient (Wildman–Crippen LogP) is 2.13. The zero-order valence-electron chi connectivity index (χ0n) is 8.91. The lowest BCUT2D eigenvalue weighted by atomic mass is 9.66. The van der Waals surface area contributed by atoms with Crippen molar-refractivity contribution in [3.8, 4) is 0 Å². The Bertz CT molecular complexity index is 330. The van der Waals surface area contributed by atoms with Gasteiger partial charge in [-0.2, -0.15) is 0 Å². The zero-order valence-corrected chi connectivity index (χ0v) is 8.91. The van der Waals surface area contributed by atoms with Gasteiger partial charge >= 0.3 is 0 Å². The Hall–Kier alpha value is -0.860. The molecule has 2 heterocycles. The highest BCUT2D eigenvalue weighted by Crippen LogP contribution is 2.48. The number of rotatable bonds is 1. The van der Waals surface area contributed by atoms with E-state index in [9.17, 15) is 0 Å². The molecule has 2 fully saturated rings. The second-order valence-electron chi connectivity index (χ2n) is 4.70. The Balaban J connectivity index is 1.83. The molecule has 0 aliphatic carbocycles. The Labute approximate surface area is 90.6 Å². The van der Waals surface area contributed by atoms with E-state index in [0.717, 1.165) is 19.8 Å². The third kappa shape index (κ3) is 1.48. The first-order valence-electron chi connectivity index (χ1n) is 5.77. The minimum absolute atomic E-state index is 0.486. The summed E-state index contributed by atoms with van der Waals surface area (Å²) in [5.41, 5.74) is 1.92. The van der Waals surface area contributed by atoms with Crippen LogP contribution < -0.4 is 5.32 Å². The van der Waals surface area contributed by atoms with E-state index in [1.807, 2.05) is 0 Å². The Morgan fingerprint density at radius 1 is 1.13 bits per heavy atom. The maximum absolute atomic E-state index is 5.46. The van der Waals surface area contributed by atoms with Gasteiger partial charge in [0.05, 0.1) is 0 Å². The van der Waals surface area contributed by atoms with Crippen LogP contribution in [0.1, 0.15) is 24.4 Å². The van der Waals surface area contributed by atoms with E-state index in [1.165, 1.54) is 18.4 Å². The Morgan fingerprint density at radius 2 is 1.87 bits per heavy atom. The SMILES string of the molecule is c1ccc([C@H]2NCC23CCOCC3)cc1. The molecule has 0 radical (unpaired) electrons. The third-order valence-corrected chi connectivity index (χ3v) is 3.89. The van der Waals surface area contributed by atoms with Crippen LogP contribution in [0.4, 0.5) is 0 Å². The van der Waals surface area contributed by atoms with Gasteiger partial charge in [0.25, 0.3) is 0 Å². The molecule has 1 N–H and O–H groups in total. The van der Waals surface area contributed by atoms with Gasteiger partial charge in [-0.05, 0) is 18.4 Å². The van der Waals surface area contributed by atoms with Crippen LogP contribution >= 0.6 is 0 Å². The molecule has 3 rings (SSSR count). The minimum Gasteiger partial charge on any atom is -0.381 e. The highest BCUT2D eigenvalue weighted by molar-refractivity contribution is 5.25. The summed E-state index contributed by atoms with van der Waals surface area (Å²) in [6.07, 6.45) is 2.42. The molecule has 15 heavy (non-hydrogen) atoms. The smallest absolute Gasteiger partial charge is 0.0472 e. The molecule has 1 aromatic carbocycles. The molecule has 0 saturated carbocycles. The monoisotopic (exact) mass is 203 g/mol. The van der Waals surface area contributed by atoms with Crippen LogP contribution in [-0.2, 0) is 4.74 Å². The molecule has 1 atom stereocenters. The second kappa shape index (κ2) is 3.62. The molecule has 2 saturated heterocycles. The average molecular weight is 203 g/mol. The molecule has 0 aromatic heterocycles. The largest absolute Gasteiger partial charge is 0.381 e. The summed E-state index contributed by atoms with van der Waals surface area (Å²) in [5, 5.41) is 3.57. The van der Waals surface area contributed by atoms with Crippen molar-refractivity contribution in [3.63, 3.8) is 0 Å². The van der Waals surface area contributed by atoms with Crippen LogP contribution in [-0.4, -0.2) is 19.8 Å². The zero-order chi connectivity index (χ0) is 10.1. The summed E-state index contributed by atoms with van der Waals surface area (Å²) in [7, 11) is 0. The van der Waals surface area contributed by atoms with Crippen molar-refractivity contribution in [2.24, 2.45) is 5.41 Å². The first-order valence-corrected chi connectivity index (χ1v) is 5.77. The molecule has 2 nitrogen and oxygen atoms in total. The summed E-state index contributed by atoms with van der Waals surface area (Å²) in [5.74, 6) is 0. The topological polar surface area (TPSA) is 21.3 Å². The van der Waals surface area contributed by atoms with E-state index in [1.54, 1.807) is 0 Å². The van der Waals surface area contributed by atoms with Crippen LogP contribution in [0, 0.1) is 5.41 Å². The highest BCUT2D eigenvalue weighted by atomic mass is 16.5. The fraction of sp³-hybridized carbons (Fsp3) is 0.538. The van der Waals surface area contributed by atoms with E-state index in [-0.39, 0.29) is 0 Å². The molecule has 2 aliphatic rings. The van der Waals surface area contributed by atoms with Gasteiger partial charge in [0.2, 0.25) is 0 Å². The van der Waals surface area contributed by atoms with Gasteiger partial charge in [0.15, 0.2) is 0 Å². The Kier molecular flexibility index (Phi) is 2.26. The molecule has 80 valence electrons. The van der Waals surface area contributed by atoms with Crippen LogP contribution in [0.25, 0.3) is 0 Å². The van der Waals surface area contributed by atoms with Crippen LogP contribution in [0.5, 0.6) is 0 Å². The first kappa shape index (κ1) is 9.37. The maximum Gasteiger partial charge on any atom is 0.0472 e. The maximum atomic E-state index is 5.46. The van der Waals surface area contributed by atoms with Crippen LogP contribution in [0.2, 0.25) is 0 Å². The van der Waals surface area contributed by atoms with E-state index >= 15 is 0 Å². The van der Waals surface area contributed by atoms with Crippen molar-refractivity contribution in [3.05, 3.63) is 35.9 Å². The third-order valence-electron chi connectivity index (χ3n) is 3.89. The van der Waals surface area contributed by atoms with Gasteiger partial charge in [0, 0.05) is 31.2 Å². The molecule has 1 spiro atoms. The standard InChI is InChI=1S/C13H17NO/c1-2-4-11(5-3-1)12-13(10-14-12)6-8-15-9-7-13/h1-5,12,14H,6-10H2/t12-/m1/s1. The van der Waals surface area contributed by atoms with Gasteiger partial charge in [-0.25, -0.2) is 0 Å². The van der Waals surface area contributed by atoms with Gasteiger partial charge < -0.3 is 10.1 Å². The molecule has 0 amide bonds. The van der Waals surface area contributed by atoms with Gasteiger partial charge in [-0.3, -0.25) is 0 Å². The summed E-state index contributed by atoms with van der Waals surface area (Å²) >= 11 is 0. The van der Waals surface area contributed by atoms with E-state index in [0.29, 0.717) is 11.5 Å². The number of nitrogens with one attached hydrogen (secondary N) is 1. The lowest BCUT2D eigenvalue weighted by Gasteiger charge is -2.53. The molecule has 0 bridgehead atoms. The molecule has 0 unspecified atom stereocenters. The molecule has 1 aromatic rings. The second-order valence-corrected chi connectivity index (χ2v) is 4.70. The van der Waals surface area contributed by atoms with Crippen molar-refractivity contribution >= 4 is 0 Å². The summed E-state index contributed by atoms with van der Waals surface area (Å²) < 4.78 is 5.46. The number of benzene rings is 1. The number of hydrogen-bond acceptors (Lipinski definition) is 2. The lowest BCUT2D eigenvalue weighted by Crippen LogP contribution is -2.58. The van der Waals surface area contributed by atoms with E-state index in [4.69, 9.17) is 4.74 Å². The first-order chi connectivity index (χ1) is 7.41. The quantitative estimate of drug-likeness (QED) is 0.755. The average Bonchev–Trinajstić information content (AvgIpc) is 2.30. The van der Waals surface area contributed by atoms with Crippen molar-refractivity contribution in [1.82, 2.24) is 5.32 Å². The van der Waals surface area contributed by atoms with Gasteiger partial charge in [0.1, 0.15) is 0 Å². The van der Waals surface area contributed by atoms with Crippen molar-refractivity contribution < 1.29 is 4.74 Å². The lowest BCUT2D eigenvalue weighted by molar-refractivity contribution is -0.0479. The van der Waals surface area contributed by atoms with Crippen molar-refractivity contribution in [2.75, 3.05) is 19.8 Å². The van der Waals surface area contributed by atoms with Crippen LogP contribution in [0.3, 0.4) is 0 Å². The molecular formula is C13H17NO. The fourth-order valence-electron chi connectivity index (χ4n) is 2.85. The van der Waals surface area contributed by atoms with Gasteiger partial charge in [-0.15, -0.1) is 0 Å². The van der Waals surface area contributed by atoms with Crippen LogP contribution in [0.15, 0.2) is 30.3 Å². The normalized spacial score (nSPS) is 28.7. The minimum atomic E-state index is 0.486. The van der Waals surface area contributed by atoms with E-state index < -0.39 is 0 Å². The predicted molar refractivity (Wildman–Crippen MR) is 59.7 cm³/mol. The van der Waals surface area contributed by atoms with Crippen molar-refractivity contribution in [2.45, 2.75) is 18.9 Å². The van der Waals surface area contributed by atoms with E-state index in [2.05, 4.69) is 35.6 Å². The molecule has 2 heteroatoms. The molecular weight excluding hydrogens is 186 g/mol. The summed E-state index contributed by atoms with van der Waals surface area (Å²) in [4.78, 5) is 0. The number of ether oxygens (including phenoxy) is 1. The fourth-order valence-corrected chi connectivity index (χ4v) is 2.85. The van der Waals surface area contributed by atoms with Crippen molar-refractivity contribution in [1.29, 1.82) is 0 Å². The molecule has 2 aliphatic heterocycles. The summed E-state index contributed by atoms with van der Waals surface area (Å²) in [6.45, 7) is 3.03. The summed E-state index contributed by atoms with van der Waals surface area (Å²) in [6, 6.07) is 11.4. The number of hydrogen-bond donors (Lipinski definition) is 1. The van der Waals surface area contributed by atoms with Gasteiger partial charge in [-0.1, -0.05) is 30.3 Å².